The molecule has 4 aromatic rings. The third-order valence-electron chi connectivity index (χ3n) is 5.35. The van der Waals surface area contributed by atoms with Crippen LogP contribution in [-0.2, 0) is 6.16 Å². The van der Waals surface area contributed by atoms with Gasteiger partial charge in [-0.2, -0.15) is 0 Å². The Morgan fingerprint density at radius 2 is 0.966 bits per heavy atom. The molecule has 0 amide bonds. The van der Waals surface area contributed by atoms with Gasteiger partial charge < -0.3 is 0 Å². The van der Waals surface area contributed by atoms with Gasteiger partial charge in [0.2, 0.25) is 0 Å². The second-order valence-corrected chi connectivity index (χ2v) is 10.6. The molecule has 0 aliphatic heterocycles. The fourth-order valence-electron chi connectivity index (χ4n) is 3.83. The standard InChI is InChI=1S/C26H22F2P/c1-20-17-18-21(26(28)25(20)27)19-29(22-11-5-2-6-12-22,23-13-7-3-8-14-23)24-15-9-4-10-16-24/h2-18H,19H2,1H3/q+1. The average Bonchev–Trinajstić information content (AvgIpc) is 2.79. The van der Waals surface area contributed by atoms with Crippen LogP contribution in [0.4, 0.5) is 8.78 Å². The molecule has 0 saturated heterocycles. The molecular weight excluding hydrogens is 381 g/mol. The van der Waals surface area contributed by atoms with E-state index in [2.05, 4.69) is 36.4 Å². The van der Waals surface area contributed by atoms with E-state index in [9.17, 15) is 8.78 Å². The normalized spacial score (nSPS) is 11.4. The molecule has 0 N–H and O–H groups in total. The Kier molecular flexibility index (Phi) is 5.56. The van der Waals surface area contributed by atoms with Crippen molar-refractivity contribution in [2.45, 2.75) is 13.1 Å². The Labute approximate surface area is 171 Å². The first-order valence-electron chi connectivity index (χ1n) is 9.61. The van der Waals surface area contributed by atoms with Crippen LogP contribution in [0.2, 0.25) is 0 Å². The molecule has 0 unspecified atom stereocenters. The Bertz CT molecular complexity index is 997. The zero-order valence-electron chi connectivity index (χ0n) is 16.2. The molecule has 0 heterocycles. The lowest BCUT2D eigenvalue weighted by molar-refractivity contribution is 0.497. The van der Waals surface area contributed by atoms with Crippen molar-refractivity contribution in [1.29, 1.82) is 0 Å². The molecular formula is C26H22F2P+. The van der Waals surface area contributed by atoms with Crippen molar-refractivity contribution >= 4 is 23.2 Å². The van der Waals surface area contributed by atoms with E-state index < -0.39 is 18.9 Å². The van der Waals surface area contributed by atoms with E-state index in [4.69, 9.17) is 0 Å². The smallest absolute Gasteiger partial charge is 0.165 e. The quantitative estimate of drug-likeness (QED) is 0.371. The van der Waals surface area contributed by atoms with E-state index in [0.717, 1.165) is 15.9 Å². The Balaban J connectivity index is 2.02. The summed E-state index contributed by atoms with van der Waals surface area (Å²) in [5.74, 6) is -1.49. The van der Waals surface area contributed by atoms with Gasteiger partial charge in [-0.3, -0.25) is 0 Å². The topological polar surface area (TPSA) is 0 Å². The average molecular weight is 403 g/mol. The third kappa shape index (κ3) is 3.61. The van der Waals surface area contributed by atoms with Gasteiger partial charge in [0, 0.05) is 5.56 Å². The van der Waals surface area contributed by atoms with Crippen molar-refractivity contribution in [3.8, 4) is 0 Å². The maximum atomic E-state index is 15.0. The van der Waals surface area contributed by atoms with Gasteiger partial charge in [-0.15, -0.1) is 0 Å². The van der Waals surface area contributed by atoms with Crippen LogP contribution in [0.3, 0.4) is 0 Å². The van der Waals surface area contributed by atoms with Crippen LogP contribution >= 0.6 is 7.26 Å². The van der Waals surface area contributed by atoms with Gasteiger partial charge in [-0.25, -0.2) is 8.78 Å². The van der Waals surface area contributed by atoms with Gasteiger partial charge in [0.1, 0.15) is 29.3 Å². The summed E-state index contributed by atoms with van der Waals surface area (Å²) >= 11 is 0. The van der Waals surface area contributed by atoms with Crippen molar-refractivity contribution in [1.82, 2.24) is 0 Å². The molecule has 0 radical (unpaired) electrons. The summed E-state index contributed by atoms with van der Waals surface area (Å²) in [5.41, 5.74) is 0.743. The SMILES string of the molecule is Cc1ccc(C[P+](c2ccccc2)(c2ccccc2)c2ccccc2)c(F)c1F. The predicted molar refractivity (Wildman–Crippen MR) is 120 cm³/mol. The number of benzene rings is 4. The van der Waals surface area contributed by atoms with Crippen LogP contribution in [0.5, 0.6) is 0 Å². The summed E-state index contributed by atoms with van der Waals surface area (Å²) in [7, 11) is -2.24. The van der Waals surface area contributed by atoms with Crippen LogP contribution in [0.1, 0.15) is 11.1 Å². The minimum absolute atomic E-state index is 0.328. The van der Waals surface area contributed by atoms with E-state index in [-0.39, 0.29) is 0 Å². The van der Waals surface area contributed by atoms with E-state index in [1.54, 1.807) is 19.1 Å². The van der Waals surface area contributed by atoms with E-state index in [0.29, 0.717) is 17.3 Å². The molecule has 0 nitrogen and oxygen atoms in total. The fraction of sp³-hybridized carbons (Fsp3) is 0.0769. The molecule has 0 fully saturated rings. The van der Waals surface area contributed by atoms with E-state index in [1.165, 1.54) is 0 Å². The monoisotopic (exact) mass is 403 g/mol. The van der Waals surface area contributed by atoms with Crippen LogP contribution in [-0.4, -0.2) is 0 Å². The Morgan fingerprint density at radius 1 is 0.552 bits per heavy atom. The molecule has 0 atom stereocenters. The fourth-order valence-corrected chi connectivity index (χ4v) is 8.07. The lowest BCUT2D eigenvalue weighted by Crippen LogP contribution is -2.32. The highest BCUT2D eigenvalue weighted by molar-refractivity contribution is 7.95. The first-order valence-corrected chi connectivity index (χ1v) is 11.6. The predicted octanol–water partition coefficient (Wildman–Crippen LogP) is 5.77. The maximum absolute atomic E-state index is 15.0. The number of halogens is 2. The van der Waals surface area contributed by atoms with E-state index >= 15 is 0 Å². The van der Waals surface area contributed by atoms with Crippen molar-refractivity contribution in [3.63, 3.8) is 0 Å². The lowest BCUT2D eigenvalue weighted by Gasteiger charge is -2.28. The van der Waals surface area contributed by atoms with Crippen LogP contribution in [0.15, 0.2) is 103 Å². The van der Waals surface area contributed by atoms with Crippen LogP contribution < -0.4 is 15.9 Å². The second kappa shape index (κ2) is 8.27. The summed E-state index contributed by atoms with van der Waals surface area (Å²) in [6.45, 7) is 1.59. The van der Waals surface area contributed by atoms with Crippen molar-refractivity contribution < 1.29 is 8.78 Å². The summed E-state index contributed by atoms with van der Waals surface area (Å²) in [6, 6.07) is 34.1. The Morgan fingerprint density at radius 3 is 1.38 bits per heavy atom. The van der Waals surface area contributed by atoms with Gasteiger partial charge in [0.15, 0.2) is 11.6 Å². The molecule has 0 aliphatic rings. The molecule has 0 aromatic heterocycles. The van der Waals surface area contributed by atoms with Crippen LogP contribution in [0, 0.1) is 18.6 Å². The molecule has 4 aromatic carbocycles. The minimum atomic E-state index is -2.24. The van der Waals surface area contributed by atoms with Gasteiger partial charge in [0.05, 0.1) is 0 Å². The summed E-state index contributed by atoms with van der Waals surface area (Å²) in [4.78, 5) is 0. The molecule has 29 heavy (non-hydrogen) atoms. The lowest BCUT2D eigenvalue weighted by atomic mass is 10.1. The number of hydrogen-bond acceptors (Lipinski definition) is 0. The van der Waals surface area contributed by atoms with Gasteiger partial charge >= 0.3 is 0 Å². The summed E-state index contributed by atoms with van der Waals surface area (Å²) in [5, 5.41) is 3.45. The first kappa shape index (κ1) is 19.5. The third-order valence-corrected chi connectivity index (χ3v) is 9.71. The van der Waals surface area contributed by atoms with Crippen molar-refractivity contribution in [3.05, 3.63) is 126 Å². The highest BCUT2D eigenvalue weighted by atomic mass is 31.2. The molecule has 144 valence electrons. The molecule has 3 heteroatoms. The number of rotatable bonds is 5. The molecule has 0 spiro atoms. The van der Waals surface area contributed by atoms with Gasteiger partial charge in [0.25, 0.3) is 0 Å². The van der Waals surface area contributed by atoms with Gasteiger partial charge in [-0.1, -0.05) is 66.7 Å². The molecule has 4 rings (SSSR count). The largest absolute Gasteiger partial charge is 0.203 e. The first-order chi connectivity index (χ1) is 14.1. The molecule has 0 aliphatic carbocycles. The molecule has 0 saturated carbocycles. The number of hydrogen-bond donors (Lipinski definition) is 0. The van der Waals surface area contributed by atoms with Crippen molar-refractivity contribution in [2.75, 3.05) is 0 Å². The zero-order valence-corrected chi connectivity index (χ0v) is 17.1. The maximum Gasteiger partial charge on any atom is 0.165 e. The van der Waals surface area contributed by atoms with Gasteiger partial charge in [-0.05, 0) is 48.9 Å². The Hall–Kier alpha value is -2.83. The highest BCUT2D eigenvalue weighted by Gasteiger charge is 2.46. The molecule has 0 bridgehead atoms. The highest BCUT2D eigenvalue weighted by Crippen LogP contribution is 2.58. The van der Waals surface area contributed by atoms with E-state index in [1.807, 2.05) is 54.6 Å². The van der Waals surface area contributed by atoms with Crippen molar-refractivity contribution in [2.24, 2.45) is 0 Å². The number of aryl methyl sites for hydroxylation is 1. The zero-order chi connectivity index (χ0) is 20.3. The summed E-state index contributed by atoms with van der Waals surface area (Å²) < 4.78 is 29.4. The van der Waals surface area contributed by atoms with Crippen LogP contribution in [0.25, 0.3) is 0 Å². The second-order valence-electron chi connectivity index (χ2n) is 7.14. The summed E-state index contributed by atoms with van der Waals surface area (Å²) in [6.07, 6.45) is 0.425. The minimum Gasteiger partial charge on any atom is -0.203 e.